The Hall–Kier alpha value is -2.00. The standard InChI is InChI=1S/C14H13ClN2O/c1-9-2-7-13(12(16)8-9)17-14(18)10-3-5-11(15)6-4-10/h2-8H,16H2,1H3,(H,17,18). The molecule has 2 aromatic rings. The number of nitrogens with one attached hydrogen (secondary N) is 1. The van der Waals surface area contributed by atoms with Crippen LogP contribution in [0.1, 0.15) is 15.9 Å². The van der Waals surface area contributed by atoms with Crippen molar-refractivity contribution in [3.05, 3.63) is 58.6 Å². The maximum Gasteiger partial charge on any atom is 0.255 e. The molecule has 0 atom stereocenters. The van der Waals surface area contributed by atoms with Crippen LogP contribution in [0.2, 0.25) is 5.02 Å². The third-order valence-electron chi connectivity index (χ3n) is 2.56. The van der Waals surface area contributed by atoms with Gasteiger partial charge in [-0.25, -0.2) is 0 Å². The summed E-state index contributed by atoms with van der Waals surface area (Å²) >= 11 is 5.77. The van der Waals surface area contributed by atoms with E-state index >= 15 is 0 Å². The lowest BCUT2D eigenvalue weighted by atomic mass is 10.1. The second-order valence-electron chi connectivity index (χ2n) is 4.05. The lowest BCUT2D eigenvalue weighted by Gasteiger charge is -2.08. The average molecular weight is 261 g/mol. The summed E-state index contributed by atoms with van der Waals surface area (Å²) in [6.45, 7) is 1.95. The lowest BCUT2D eigenvalue weighted by Crippen LogP contribution is -2.13. The molecule has 1 amide bonds. The zero-order chi connectivity index (χ0) is 13.1. The SMILES string of the molecule is Cc1ccc(NC(=O)c2ccc(Cl)cc2)c(N)c1. The highest BCUT2D eigenvalue weighted by Gasteiger charge is 2.07. The van der Waals surface area contributed by atoms with Gasteiger partial charge in [0.2, 0.25) is 0 Å². The number of rotatable bonds is 2. The Balaban J connectivity index is 2.18. The number of hydrogen-bond acceptors (Lipinski definition) is 2. The quantitative estimate of drug-likeness (QED) is 0.812. The highest BCUT2D eigenvalue weighted by molar-refractivity contribution is 6.30. The Morgan fingerprint density at radius 1 is 1.17 bits per heavy atom. The predicted octanol–water partition coefficient (Wildman–Crippen LogP) is 3.48. The normalized spacial score (nSPS) is 10.1. The number of anilines is 2. The molecule has 4 heteroatoms. The van der Waals surface area contributed by atoms with Crippen molar-refractivity contribution in [3.63, 3.8) is 0 Å². The fraction of sp³-hybridized carbons (Fsp3) is 0.0714. The van der Waals surface area contributed by atoms with Crippen LogP contribution in [0.15, 0.2) is 42.5 Å². The minimum Gasteiger partial charge on any atom is -0.397 e. The third kappa shape index (κ3) is 2.81. The number of amides is 1. The molecule has 0 heterocycles. The number of benzene rings is 2. The Morgan fingerprint density at radius 2 is 1.83 bits per heavy atom. The van der Waals surface area contributed by atoms with Crippen molar-refractivity contribution >= 4 is 28.9 Å². The van der Waals surface area contributed by atoms with Crippen LogP contribution >= 0.6 is 11.6 Å². The van der Waals surface area contributed by atoms with Gasteiger partial charge in [-0.1, -0.05) is 17.7 Å². The van der Waals surface area contributed by atoms with Crippen LogP contribution in [0.3, 0.4) is 0 Å². The Morgan fingerprint density at radius 3 is 2.44 bits per heavy atom. The maximum absolute atomic E-state index is 12.0. The van der Waals surface area contributed by atoms with Crippen molar-refractivity contribution < 1.29 is 4.79 Å². The van der Waals surface area contributed by atoms with E-state index in [0.717, 1.165) is 5.56 Å². The molecule has 0 aromatic heterocycles. The first-order chi connectivity index (χ1) is 8.56. The van der Waals surface area contributed by atoms with E-state index in [-0.39, 0.29) is 5.91 Å². The van der Waals surface area contributed by atoms with Crippen LogP contribution in [-0.2, 0) is 0 Å². The van der Waals surface area contributed by atoms with Crippen molar-refractivity contribution in [2.24, 2.45) is 0 Å². The third-order valence-corrected chi connectivity index (χ3v) is 2.81. The summed E-state index contributed by atoms with van der Waals surface area (Å²) in [5, 5.41) is 3.36. The minimum absolute atomic E-state index is 0.206. The van der Waals surface area contributed by atoms with Crippen molar-refractivity contribution in [2.75, 3.05) is 11.1 Å². The van der Waals surface area contributed by atoms with E-state index in [1.807, 2.05) is 19.1 Å². The first-order valence-electron chi connectivity index (χ1n) is 5.49. The van der Waals surface area contributed by atoms with Gasteiger partial charge in [-0.2, -0.15) is 0 Å². The highest BCUT2D eigenvalue weighted by Crippen LogP contribution is 2.20. The monoisotopic (exact) mass is 260 g/mol. The lowest BCUT2D eigenvalue weighted by molar-refractivity contribution is 0.102. The highest BCUT2D eigenvalue weighted by atomic mass is 35.5. The molecule has 92 valence electrons. The number of nitrogen functional groups attached to an aromatic ring is 1. The van der Waals surface area contributed by atoms with Gasteiger partial charge in [0.15, 0.2) is 0 Å². The van der Waals surface area contributed by atoms with Crippen LogP contribution in [0.5, 0.6) is 0 Å². The second kappa shape index (κ2) is 5.10. The minimum atomic E-state index is -0.206. The summed E-state index contributed by atoms with van der Waals surface area (Å²) in [6, 6.07) is 12.2. The molecule has 0 saturated heterocycles. The molecule has 0 spiro atoms. The van der Waals surface area contributed by atoms with Gasteiger partial charge in [0.25, 0.3) is 5.91 Å². The summed E-state index contributed by atoms with van der Waals surface area (Å²) in [5.41, 5.74) is 8.59. The number of carbonyl (C=O) groups excluding carboxylic acids is 1. The molecule has 0 unspecified atom stereocenters. The number of hydrogen-bond donors (Lipinski definition) is 2. The van der Waals surface area contributed by atoms with E-state index in [0.29, 0.717) is 22.0 Å². The first-order valence-corrected chi connectivity index (χ1v) is 5.87. The average Bonchev–Trinajstić information content (AvgIpc) is 2.33. The zero-order valence-corrected chi connectivity index (χ0v) is 10.7. The summed E-state index contributed by atoms with van der Waals surface area (Å²) < 4.78 is 0. The summed E-state index contributed by atoms with van der Waals surface area (Å²) in [6.07, 6.45) is 0. The number of carbonyl (C=O) groups is 1. The molecule has 3 N–H and O–H groups in total. The summed E-state index contributed by atoms with van der Waals surface area (Å²) in [5.74, 6) is -0.206. The Labute approximate surface area is 111 Å². The van der Waals surface area contributed by atoms with E-state index in [1.54, 1.807) is 30.3 Å². The molecular formula is C14H13ClN2O. The maximum atomic E-state index is 12.0. The van der Waals surface area contributed by atoms with Crippen LogP contribution in [0, 0.1) is 6.92 Å². The fourth-order valence-electron chi connectivity index (χ4n) is 1.59. The topological polar surface area (TPSA) is 55.1 Å². The van der Waals surface area contributed by atoms with Crippen LogP contribution in [0.4, 0.5) is 11.4 Å². The molecule has 0 aliphatic heterocycles. The van der Waals surface area contributed by atoms with Crippen molar-refractivity contribution in [3.8, 4) is 0 Å². The molecule has 0 fully saturated rings. The molecule has 0 radical (unpaired) electrons. The molecular weight excluding hydrogens is 248 g/mol. The van der Waals surface area contributed by atoms with E-state index in [1.165, 1.54) is 0 Å². The summed E-state index contributed by atoms with van der Waals surface area (Å²) in [7, 11) is 0. The molecule has 18 heavy (non-hydrogen) atoms. The Bertz CT molecular complexity index is 579. The second-order valence-corrected chi connectivity index (χ2v) is 4.49. The van der Waals surface area contributed by atoms with Crippen LogP contribution in [0.25, 0.3) is 0 Å². The molecule has 3 nitrogen and oxygen atoms in total. The zero-order valence-electron chi connectivity index (χ0n) is 9.91. The van der Waals surface area contributed by atoms with Gasteiger partial charge in [0.1, 0.15) is 0 Å². The first kappa shape index (κ1) is 12.5. The molecule has 0 aliphatic rings. The van der Waals surface area contributed by atoms with E-state index < -0.39 is 0 Å². The van der Waals surface area contributed by atoms with Crippen molar-refractivity contribution in [2.45, 2.75) is 6.92 Å². The molecule has 2 rings (SSSR count). The van der Waals surface area contributed by atoms with Crippen molar-refractivity contribution in [1.29, 1.82) is 0 Å². The number of halogens is 1. The van der Waals surface area contributed by atoms with Gasteiger partial charge in [-0.3, -0.25) is 4.79 Å². The fourth-order valence-corrected chi connectivity index (χ4v) is 1.72. The molecule has 0 aliphatic carbocycles. The van der Waals surface area contributed by atoms with Gasteiger partial charge >= 0.3 is 0 Å². The van der Waals surface area contributed by atoms with Gasteiger partial charge in [0, 0.05) is 10.6 Å². The molecule has 0 saturated carbocycles. The number of aryl methyl sites for hydroxylation is 1. The van der Waals surface area contributed by atoms with Gasteiger partial charge in [0.05, 0.1) is 11.4 Å². The molecule has 2 aromatic carbocycles. The van der Waals surface area contributed by atoms with E-state index in [4.69, 9.17) is 17.3 Å². The predicted molar refractivity (Wildman–Crippen MR) is 75.0 cm³/mol. The van der Waals surface area contributed by atoms with E-state index in [9.17, 15) is 4.79 Å². The van der Waals surface area contributed by atoms with E-state index in [2.05, 4.69) is 5.32 Å². The van der Waals surface area contributed by atoms with Crippen molar-refractivity contribution in [1.82, 2.24) is 0 Å². The molecule has 0 bridgehead atoms. The van der Waals surface area contributed by atoms with Crippen LogP contribution in [-0.4, -0.2) is 5.91 Å². The largest absolute Gasteiger partial charge is 0.397 e. The van der Waals surface area contributed by atoms with Gasteiger partial charge < -0.3 is 11.1 Å². The Kier molecular flexibility index (Phi) is 3.53. The summed E-state index contributed by atoms with van der Waals surface area (Å²) in [4.78, 5) is 12.0. The van der Waals surface area contributed by atoms with Gasteiger partial charge in [-0.15, -0.1) is 0 Å². The number of nitrogens with two attached hydrogens (primary N) is 1. The smallest absolute Gasteiger partial charge is 0.255 e. The van der Waals surface area contributed by atoms with Crippen LogP contribution < -0.4 is 11.1 Å². The van der Waals surface area contributed by atoms with Gasteiger partial charge in [-0.05, 0) is 48.9 Å².